The van der Waals surface area contributed by atoms with Crippen molar-refractivity contribution < 1.29 is 0 Å². The van der Waals surface area contributed by atoms with Crippen LogP contribution in [0.5, 0.6) is 0 Å². The van der Waals surface area contributed by atoms with E-state index in [2.05, 4.69) is 82.2 Å². The molecule has 0 aliphatic carbocycles. The van der Waals surface area contributed by atoms with E-state index < -0.39 is 0 Å². The van der Waals surface area contributed by atoms with Gasteiger partial charge in [-0.15, -0.1) is 0 Å². The highest BCUT2D eigenvalue weighted by molar-refractivity contribution is 4.92. The third-order valence-electron chi connectivity index (χ3n) is 4.05. The van der Waals surface area contributed by atoms with Gasteiger partial charge in [-0.05, 0) is 32.1 Å². The van der Waals surface area contributed by atoms with Crippen molar-refractivity contribution in [3.05, 3.63) is 11.6 Å². The molecule has 0 aliphatic rings. The average Bonchev–Trinajstić information content (AvgIpc) is 2.60. The molecule has 0 spiro atoms. The summed E-state index contributed by atoms with van der Waals surface area (Å²) in [6, 6.07) is 0. The molecule has 0 radical (unpaired) electrons. The molecular formula is C27H60. The molecule has 0 atom stereocenters. The van der Waals surface area contributed by atoms with E-state index in [-0.39, 0.29) is 0 Å². The Kier molecular flexibility index (Phi) is 42.3. The SMILES string of the molecule is CCCC(C)C.CCCC=C(C)C.CCCCC(C)C.CCCCCCC. The van der Waals surface area contributed by atoms with Crippen LogP contribution in [0.2, 0.25) is 0 Å². The van der Waals surface area contributed by atoms with Gasteiger partial charge in [0.2, 0.25) is 0 Å². The molecule has 0 aromatic carbocycles. The highest BCUT2D eigenvalue weighted by atomic mass is 13.9. The van der Waals surface area contributed by atoms with Crippen LogP contribution in [0.1, 0.15) is 153 Å². The van der Waals surface area contributed by atoms with Crippen molar-refractivity contribution in [1.82, 2.24) is 0 Å². The smallest absolute Gasteiger partial charge is 0.0351 e. The van der Waals surface area contributed by atoms with Gasteiger partial charge in [0.1, 0.15) is 0 Å². The fraction of sp³-hybridized carbons (Fsp3) is 0.926. The molecule has 0 nitrogen and oxygen atoms in total. The zero-order chi connectivity index (χ0) is 21.9. The maximum absolute atomic E-state index is 2.27. The Balaban J connectivity index is -0.000000131. The number of hydrogen-bond donors (Lipinski definition) is 0. The lowest BCUT2D eigenvalue weighted by Gasteiger charge is -1.98. The van der Waals surface area contributed by atoms with Crippen LogP contribution < -0.4 is 0 Å². The normalized spacial score (nSPS) is 9.52. The molecule has 0 aromatic heterocycles. The molecule has 0 saturated heterocycles. The van der Waals surface area contributed by atoms with E-state index in [1.165, 1.54) is 82.6 Å². The van der Waals surface area contributed by atoms with Crippen LogP contribution in [0, 0.1) is 11.8 Å². The van der Waals surface area contributed by atoms with Gasteiger partial charge in [-0.25, -0.2) is 0 Å². The summed E-state index contributed by atoms with van der Waals surface area (Å²) in [6.45, 7) is 24.5. The summed E-state index contributed by atoms with van der Waals surface area (Å²) in [5.74, 6) is 1.80. The Hall–Kier alpha value is -0.260. The van der Waals surface area contributed by atoms with Gasteiger partial charge in [-0.3, -0.25) is 0 Å². The topological polar surface area (TPSA) is 0 Å². The summed E-state index contributed by atoms with van der Waals surface area (Å²) in [7, 11) is 0. The molecule has 0 heteroatoms. The van der Waals surface area contributed by atoms with Gasteiger partial charge in [0.05, 0.1) is 0 Å². The van der Waals surface area contributed by atoms with Gasteiger partial charge in [0.15, 0.2) is 0 Å². The van der Waals surface area contributed by atoms with Crippen LogP contribution in [-0.4, -0.2) is 0 Å². The maximum Gasteiger partial charge on any atom is -0.0351 e. The Labute approximate surface area is 177 Å². The Morgan fingerprint density at radius 3 is 1.15 bits per heavy atom. The lowest BCUT2D eigenvalue weighted by Crippen LogP contribution is -1.83. The number of unbranched alkanes of at least 4 members (excludes halogenated alkanes) is 6. The van der Waals surface area contributed by atoms with Crippen LogP contribution >= 0.6 is 0 Å². The average molecular weight is 385 g/mol. The monoisotopic (exact) mass is 384 g/mol. The predicted octanol–water partition coefficient (Wildman–Crippen LogP) is 11.0. The zero-order valence-electron chi connectivity index (χ0n) is 21.7. The van der Waals surface area contributed by atoms with E-state index in [1.54, 1.807) is 0 Å². The molecule has 0 saturated carbocycles. The number of rotatable bonds is 11. The molecule has 0 rings (SSSR count). The van der Waals surface area contributed by atoms with E-state index in [9.17, 15) is 0 Å². The van der Waals surface area contributed by atoms with Gasteiger partial charge >= 0.3 is 0 Å². The van der Waals surface area contributed by atoms with E-state index in [1.807, 2.05) is 0 Å². The summed E-state index contributed by atoms with van der Waals surface area (Å²) in [4.78, 5) is 0. The summed E-state index contributed by atoms with van der Waals surface area (Å²) in [5, 5.41) is 0. The minimum Gasteiger partial charge on any atom is -0.0859 e. The molecular weight excluding hydrogens is 324 g/mol. The Morgan fingerprint density at radius 1 is 0.556 bits per heavy atom. The highest BCUT2D eigenvalue weighted by Crippen LogP contribution is 2.04. The molecule has 0 N–H and O–H groups in total. The lowest BCUT2D eigenvalue weighted by molar-refractivity contribution is 0.550. The summed E-state index contributed by atoms with van der Waals surface area (Å²) in [6.07, 6.45) is 18.6. The Bertz CT molecular complexity index is 226. The highest BCUT2D eigenvalue weighted by Gasteiger charge is 1.88. The van der Waals surface area contributed by atoms with Crippen molar-refractivity contribution in [2.24, 2.45) is 11.8 Å². The van der Waals surface area contributed by atoms with Crippen molar-refractivity contribution in [2.75, 3.05) is 0 Å². The van der Waals surface area contributed by atoms with Crippen molar-refractivity contribution >= 4 is 0 Å². The van der Waals surface area contributed by atoms with Gasteiger partial charge in [-0.2, -0.15) is 0 Å². The van der Waals surface area contributed by atoms with E-state index in [0.29, 0.717) is 0 Å². The first-order chi connectivity index (χ1) is 12.7. The predicted molar refractivity (Wildman–Crippen MR) is 133 cm³/mol. The van der Waals surface area contributed by atoms with Crippen LogP contribution in [0.25, 0.3) is 0 Å². The molecule has 168 valence electrons. The van der Waals surface area contributed by atoms with Crippen molar-refractivity contribution in [3.8, 4) is 0 Å². The minimum absolute atomic E-state index is 0.898. The van der Waals surface area contributed by atoms with Gasteiger partial charge in [0, 0.05) is 0 Å². The largest absolute Gasteiger partial charge is 0.0859 e. The molecule has 27 heavy (non-hydrogen) atoms. The van der Waals surface area contributed by atoms with Gasteiger partial charge in [0.25, 0.3) is 0 Å². The van der Waals surface area contributed by atoms with Gasteiger partial charge in [-0.1, -0.05) is 145 Å². The van der Waals surface area contributed by atoms with E-state index in [0.717, 1.165) is 11.8 Å². The second-order valence-electron chi connectivity index (χ2n) is 8.85. The summed E-state index contributed by atoms with van der Waals surface area (Å²) < 4.78 is 0. The Morgan fingerprint density at radius 2 is 1.00 bits per heavy atom. The summed E-state index contributed by atoms with van der Waals surface area (Å²) in [5.41, 5.74) is 1.43. The zero-order valence-corrected chi connectivity index (χ0v) is 21.7. The van der Waals surface area contributed by atoms with Crippen molar-refractivity contribution in [1.29, 1.82) is 0 Å². The third kappa shape index (κ3) is 66.8. The molecule has 0 bridgehead atoms. The molecule has 0 amide bonds. The fourth-order valence-electron chi connectivity index (χ4n) is 2.30. The first-order valence-electron chi connectivity index (χ1n) is 12.4. The molecule has 0 fully saturated rings. The molecule has 0 aliphatic heterocycles. The number of hydrogen-bond acceptors (Lipinski definition) is 0. The first kappa shape index (κ1) is 34.3. The van der Waals surface area contributed by atoms with Crippen LogP contribution in [0.15, 0.2) is 11.6 Å². The standard InChI is InChI=1S/C7H16.C7H14.C7H16.C6H14/c2*1-4-5-6-7(2)3;1-3-5-7-6-4-2;1-4-5-6(2)3/h7H,4-6H2,1-3H3;6H,4-5H2,1-3H3;3-7H2,1-2H3;6H,4-5H2,1-3H3. The van der Waals surface area contributed by atoms with E-state index in [4.69, 9.17) is 0 Å². The first-order valence-corrected chi connectivity index (χ1v) is 12.4. The summed E-state index contributed by atoms with van der Waals surface area (Å²) >= 11 is 0. The van der Waals surface area contributed by atoms with Crippen LogP contribution in [-0.2, 0) is 0 Å². The minimum atomic E-state index is 0.898. The second kappa shape index (κ2) is 33.3. The van der Waals surface area contributed by atoms with Crippen molar-refractivity contribution in [2.45, 2.75) is 153 Å². The van der Waals surface area contributed by atoms with Crippen LogP contribution in [0.4, 0.5) is 0 Å². The van der Waals surface area contributed by atoms with Crippen molar-refractivity contribution in [3.63, 3.8) is 0 Å². The van der Waals surface area contributed by atoms with Crippen LogP contribution in [0.3, 0.4) is 0 Å². The molecule has 0 unspecified atom stereocenters. The maximum atomic E-state index is 2.27. The molecule has 0 heterocycles. The lowest BCUT2D eigenvalue weighted by atomic mass is 10.1. The third-order valence-corrected chi connectivity index (χ3v) is 4.05. The molecule has 0 aromatic rings. The fourth-order valence-corrected chi connectivity index (χ4v) is 2.30. The van der Waals surface area contributed by atoms with Gasteiger partial charge < -0.3 is 0 Å². The second-order valence-corrected chi connectivity index (χ2v) is 8.85. The quantitative estimate of drug-likeness (QED) is 0.245. The van der Waals surface area contributed by atoms with E-state index >= 15 is 0 Å². The number of allylic oxidation sites excluding steroid dienone is 2.